The average molecular weight is 435 g/mol. The number of benzene rings is 2. The number of fused-ring (bicyclic) bond motifs is 2. The minimum atomic E-state index is -0.279. The third kappa shape index (κ3) is 4.01. The molecule has 0 atom stereocenters. The largest absolute Gasteiger partial charge is 0.379 e. The van der Waals surface area contributed by atoms with Crippen LogP contribution < -0.4 is 0 Å². The predicted octanol–water partition coefficient (Wildman–Crippen LogP) is 3.77. The van der Waals surface area contributed by atoms with Crippen LogP contribution in [0.3, 0.4) is 0 Å². The third-order valence-corrected chi connectivity index (χ3v) is 6.34. The molecule has 3 heterocycles. The SMILES string of the molecule is Cn1c(C(=O)N(CCN2CCOCC2)Cc2c[nH]c3ccc(F)cc23)cc2ccccc21. The van der Waals surface area contributed by atoms with E-state index < -0.39 is 0 Å². The van der Waals surface area contributed by atoms with Gasteiger partial charge < -0.3 is 19.2 Å². The molecule has 0 unspecified atom stereocenters. The van der Waals surface area contributed by atoms with Gasteiger partial charge in [0, 0.05) is 67.8 Å². The van der Waals surface area contributed by atoms with Crippen LogP contribution in [0.2, 0.25) is 0 Å². The number of aromatic amines is 1. The van der Waals surface area contributed by atoms with E-state index in [1.54, 1.807) is 6.07 Å². The summed E-state index contributed by atoms with van der Waals surface area (Å²) in [6.45, 7) is 4.95. The molecule has 1 N–H and O–H groups in total. The van der Waals surface area contributed by atoms with Gasteiger partial charge in [-0.25, -0.2) is 4.39 Å². The summed E-state index contributed by atoms with van der Waals surface area (Å²) in [6.07, 6.45) is 1.88. The van der Waals surface area contributed by atoms with Crippen LogP contribution in [0.1, 0.15) is 16.1 Å². The fourth-order valence-corrected chi connectivity index (χ4v) is 4.48. The maximum atomic E-state index is 13.9. The van der Waals surface area contributed by atoms with Crippen molar-refractivity contribution < 1.29 is 13.9 Å². The summed E-state index contributed by atoms with van der Waals surface area (Å²) in [5.41, 5.74) is 3.46. The molecule has 4 aromatic rings. The lowest BCUT2D eigenvalue weighted by Gasteiger charge is -2.30. The van der Waals surface area contributed by atoms with Gasteiger partial charge in [-0.2, -0.15) is 0 Å². The number of rotatable bonds is 6. The van der Waals surface area contributed by atoms with Gasteiger partial charge in [0.25, 0.3) is 5.91 Å². The molecule has 0 radical (unpaired) electrons. The van der Waals surface area contributed by atoms with Crippen molar-refractivity contribution in [1.29, 1.82) is 0 Å². The molecule has 5 rings (SSSR count). The van der Waals surface area contributed by atoms with Gasteiger partial charge in [0.2, 0.25) is 0 Å². The second-order valence-electron chi connectivity index (χ2n) is 8.33. The molecule has 1 aliphatic rings. The number of H-pyrrole nitrogens is 1. The Kier molecular flexibility index (Phi) is 5.68. The lowest BCUT2D eigenvalue weighted by atomic mass is 10.1. The first-order valence-electron chi connectivity index (χ1n) is 11.0. The zero-order chi connectivity index (χ0) is 22.1. The number of aryl methyl sites for hydroxylation is 1. The maximum absolute atomic E-state index is 13.9. The number of carbonyl (C=O) groups excluding carboxylic acids is 1. The molecule has 6 nitrogen and oxygen atoms in total. The highest BCUT2D eigenvalue weighted by atomic mass is 19.1. The molecule has 0 aliphatic carbocycles. The molecule has 1 amide bonds. The predicted molar refractivity (Wildman–Crippen MR) is 123 cm³/mol. The average Bonchev–Trinajstić information content (AvgIpc) is 3.37. The zero-order valence-corrected chi connectivity index (χ0v) is 18.2. The number of amides is 1. The Balaban J connectivity index is 1.45. The van der Waals surface area contributed by atoms with Gasteiger partial charge in [-0.15, -0.1) is 0 Å². The summed E-state index contributed by atoms with van der Waals surface area (Å²) < 4.78 is 21.3. The highest BCUT2D eigenvalue weighted by Crippen LogP contribution is 2.24. The van der Waals surface area contributed by atoms with Crippen molar-refractivity contribution in [2.24, 2.45) is 7.05 Å². The first-order valence-corrected chi connectivity index (χ1v) is 11.0. The smallest absolute Gasteiger partial charge is 0.270 e. The highest BCUT2D eigenvalue weighted by molar-refractivity contribution is 5.99. The number of hydrogen-bond donors (Lipinski definition) is 1. The second-order valence-corrected chi connectivity index (χ2v) is 8.33. The van der Waals surface area contributed by atoms with Crippen LogP contribution in [-0.2, 0) is 18.3 Å². The minimum absolute atomic E-state index is 0.0253. The number of aromatic nitrogens is 2. The molecule has 32 heavy (non-hydrogen) atoms. The molecular weight excluding hydrogens is 407 g/mol. The number of carbonyl (C=O) groups is 1. The summed E-state index contributed by atoms with van der Waals surface area (Å²) >= 11 is 0. The van der Waals surface area contributed by atoms with E-state index in [0.717, 1.165) is 60.2 Å². The minimum Gasteiger partial charge on any atom is -0.379 e. The van der Waals surface area contributed by atoms with Crippen LogP contribution in [-0.4, -0.2) is 64.7 Å². The highest BCUT2D eigenvalue weighted by Gasteiger charge is 2.23. The van der Waals surface area contributed by atoms with E-state index in [4.69, 9.17) is 4.74 Å². The molecule has 2 aromatic heterocycles. The summed E-state index contributed by atoms with van der Waals surface area (Å²) in [5.74, 6) is -0.305. The summed E-state index contributed by atoms with van der Waals surface area (Å²) in [4.78, 5) is 21.1. The Morgan fingerprint density at radius 3 is 2.78 bits per heavy atom. The fraction of sp³-hybridized carbons (Fsp3) is 0.320. The van der Waals surface area contributed by atoms with Crippen molar-refractivity contribution in [2.75, 3.05) is 39.4 Å². The van der Waals surface area contributed by atoms with Crippen LogP contribution in [0.25, 0.3) is 21.8 Å². The van der Waals surface area contributed by atoms with Crippen molar-refractivity contribution in [2.45, 2.75) is 6.54 Å². The monoisotopic (exact) mass is 434 g/mol. The number of hydrogen-bond acceptors (Lipinski definition) is 3. The first-order chi connectivity index (χ1) is 15.6. The van der Waals surface area contributed by atoms with E-state index in [0.29, 0.717) is 18.8 Å². The Morgan fingerprint density at radius 1 is 1.16 bits per heavy atom. The van der Waals surface area contributed by atoms with E-state index in [2.05, 4.69) is 9.88 Å². The standard InChI is InChI=1S/C25H27FN4O2/c1-28-23-5-3-2-4-18(23)14-24(28)25(31)30(9-8-29-10-12-32-13-11-29)17-19-16-27-22-7-6-20(26)15-21(19)22/h2-7,14-16,27H,8-13,17H2,1H3. The van der Waals surface area contributed by atoms with Gasteiger partial charge in [-0.3, -0.25) is 9.69 Å². The van der Waals surface area contributed by atoms with Crippen LogP contribution in [0.4, 0.5) is 4.39 Å². The van der Waals surface area contributed by atoms with E-state index >= 15 is 0 Å². The summed E-state index contributed by atoms with van der Waals surface area (Å²) in [7, 11) is 1.93. The number of para-hydroxylation sites is 1. The van der Waals surface area contributed by atoms with Crippen molar-refractivity contribution in [3.8, 4) is 0 Å². The number of halogens is 1. The number of nitrogens with zero attached hydrogens (tertiary/aromatic N) is 3. The molecule has 1 saturated heterocycles. The fourth-order valence-electron chi connectivity index (χ4n) is 4.48. The lowest BCUT2D eigenvalue weighted by molar-refractivity contribution is 0.0319. The van der Waals surface area contributed by atoms with Crippen molar-refractivity contribution >= 4 is 27.7 Å². The first kappa shape index (κ1) is 20.7. The summed E-state index contributed by atoms with van der Waals surface area (Å²) in [6, 6.07) is 14.7. The van der Waals surface area contributed by atoms with Gasteiger partial charge in [0.05, 0.1) is 13.2 Å². The topological polar surface area (TPSA) is 53.5 Å². The molecule has 7 heteroatoms. The number of nitrogens with one attached hydrogen (secondary N) is 1. The quantitative estimate of drug-likeness (QED) is 0.503. The summed E-state index contributed by atoms with van der Waals surface area (Å²) in [5, 5.41) is 1.85. The van der Waals surface area contributed by atoms with E-state index in [9.17, 15) is 9.18 Å². The molecule has 0 bridgehead atoms. The van der Waals surface area contributed by atoms with Gasteiger partial charge in [-0.1, -0.05) is 18.2 Å². The second kappa shape index (κ2) is 8.76. The molecule has 1 aliphatic heterocycles. The van der Waals surface area contributed by atoms with Crippen LogP contribution in [0.15, 0.2) is 54.7 Å². The van der Waals surface area contributed by atoms with E-state index in [1.807, 2.05) is 53.0 Å². The molecular formula is C25H27FN4O2. The van der Waals surface area contributed by atoms with Crippen LogP contribution in [0.5, 0.6) is 0 Å². The number of ether oxygens (including phenoxy) is 1. The molecule has 2 aromatic carbocycles. The molecule has 1 fully saturated rings. The van der Waals surface area contributed by atoms with E-state index in [-0.39, 0.29) is 11.7 Å². The Hall–Kier alpha value is -3.16. The molecule has 0 saturated carbocycles. The van der Waals surface area contributed by atoms with Gasteiger partial charge in [-0.05, 0) is 35.9 Å². The normalized spacial score (nSPS) is 14.9. The van der Waals surface area contributed by atoms with Gasteiger partial charge in [0.1, 0.15) is 11.5 Å². The Morgan fingerprint density at radius 2 is 1.97 bits per heavy atom. The zero-order valence-electron chi connectivity index (χ0n) is 18.2. The Bertz CT molecular complexity index is 1260. The van der Waals surface area contributed by atoms with E-state index in [1.165, 1.54) is 12.1 Å². The van der Waals surface area contributed by atoms with Gasteiger partial charge >= 0.3 is 0 Å². The van der Waals surface area contributed by atoms with Crippen LogP contribution >= 0.6 is 0 Å². The van der Waals surface area contributed by atoms with Gasteiger partial charge in [0.15, 0.2) is 0 Å². The van der Waals surface area contributed by atoms with Crippen molar-refractivity contribution in [3.63, 3.8) is 0 Å². The maximum Gasteiger partial charge on any atom is 0.270 e. The third-order valence-electron chi connectivity index (χ3n) is 6.34. The number of morpholine rings is 1. The van der Waals surface area contributed by atoms with Crippen LogP contribution in [0, 0.1) is 5.82 Å². The molecule has 166 valence electrons. The van der Waals surface area contributed by atoms with Crippen molar-refractivity contribution in [3.05, 3.63) is 71.8 Å². The van der Waals surface area contributed by atoms with Crippen molar-refractivity contribution in [1.82, 2.24) is 19.4 Å². The Labute approximate surface area is 186 Å². The molecule has 0 spiro atoms. The lowest BCUT2D eigenvalue weighted by Crippen LogP contribution is -2.43.